The predicted molar refractivity (Wildman–Crippen MR) is 128 cm³/mol. The highest BCUT2D eigenvalue weighted by molar-refractivity contribution is 6.34. The summed E-state index contributed by atoms with van der Waals surface area (Å²) >= 11 is 6.36. The lowest BCUT2D eigenvalue weighted by atomic mass is 10.1. The number of halogens is 1. The fourth-order valence-electron chi connectivity index (χ4n) is 4.04. The van der Waals surface area contributed by atoms with E-state index in [9.17, 15) is 4.79 Å². The second-order valence-electron chi connectivity index (χ2n) is 7.70. The lowest BCUT2D eigenvalue weighted by Crippen LogP contribution is -2.40. The summed E-state index contributed by atoms with van der Waals surface area (Å²) in [6.45, 7) is 5.17. The van der Waals surface area contributed by atoms with E-state index in [1.165, 1.54) is 0 Å². The number of carbonyl (C=O) groups is 1. The maximum Gasteiger partial charge on any atom is 0.254 e. The molecule has 0 radical (unpaired) electrons. The third kappa shape index (κ3) is 4.27. The van der Waals surface area contributed by atoms with E-state index in [-0.39, 0.29) is 5.91 Å². The van der Waals surface area contributed by atoms with Crippen molar-refractivity contribution in [3.63, 3.8) is 0 Å². The zero-order chi connectivity index (χ0) is 22.8. The lowest BCUT2D eigenvalue weighted by Gasteiger charge is -2.27. The highest BCUT2D eigenvalue weighted by atomic mass is 35.5. The van der Waals surface area contributed by atoms with Gasteiger partial charge in [-0.3, -0.25) is 4.79 Å². The molecule has 0 aliphatic carbocycles. The minimum atomic E-state index is -0.00511. The van der Waals surface area contributed by atoms with Gasteiger partial charge in [0.1, 0.15) is 0 Å². The van der Waals surface area contributed by atoms with Crippen LogP contribution in [0, 0.1) is 0 Å². The number of morpholine rings is 1. The summed E-state index contributed by atoms with van der Waals surface area (Å²) < 4.78 is 7.41. The van der Waals surface area contributed by atoms with Crippen LogP contribution in [0.15, 0.2) is 55.0 Å². The zero-order valence-electron chi connectivity index (χ0n) is 18.2. The van der Waals surface area contributed by atoms with Crippen molar-refractivity contribution >= 4 is 40.0 Å². The number of aryl methyl sites for hydroxylation is 1. The van der Waals surface area contributed by atoms with Crippen molar-refractivity contribution in [2.45, 2.75) is 13.5 Å². The quantitative estimate of drug-likeness (QED) is 0.443. The molecule has 3 aromatic heterocycles. The lowest BCUT2D eigenvalue weighted by molar-refractivity contribution is 0.0303. The Kier molecular flexibility index (Phi) is 5.93. The van der Waals surface area contributed by atoms with Crippen LogP contribution in [0.25, 0.3) is 22.2 Å². The molecule has 5 rings (SSSR count). The average Bonchev–Trinajstić information content (AvgIpc) is 3.25. The molecule has 0 unspecified atom stereocenters. The summed E-state index contributed by atoms with van der Waals surface area (Å²) in [6, 6.07) is 11.2. The van der Waals surface area contributed by atoms with Gasteiger partial charge in [0.15, 0.2) is 5.15 Å². The van der Waals surface area contributed by atoms with Crippen molar-refractivity contribution in [3.05, 3.63) is 65.7 Å². The van der Waals surface area contributed by atoms with Crippen molar-refractivity contribution in [2.75, 3.05) is 31.6 Å². The Hall–Kier alpha value is -3.49. The Balaban J connectivity index is 1.43. The fourth-order valence-corrected chi connectivity index (χ4v) is 4.31. The van der Waals surface area contributed by atoms with E-state index in [1.54, 1.807) is 12.4 Å². The predicted octanol–water partition coefficient (Wildman–Crippen LogP) is 4.38. The minimum Gasteiger partial charge on any atom is -0.378 e. The molecule has 0 saturated carbocycles. The number of nitrogens with one attached hydrogen (secondary N) is 1. The van der Waals surface area contributed by atoms with Gasteiger partial charge in [0, 0.05) is 60.4 Å². The molecular formula is C24H23ClN6O2. The van der Waals surface area contributed by atoms with Crippen LogP contribution in [0.2, 0.25) is 5.15 Å². The van der Waals surface area contributed by atoms with Crippen molar-refractivity contribution in [1.29, 1.82) is 0 Å². The van der Waals surface area contributed by atoms with Gasteiger partial charge in [0.05, 0.1) is 24.4 Å². The van der Waals surface area contributed by atoms with Crippen LogP contribution < -0.4 is 5.32 Å². The van der Waals surface area contributed by atoms with E-state index >= 15 is 0 Å². The van der Waals surface area contributed by atoms with Crippen molar-refractivity contribution < 1.29 is 9.53 Å². The first-order valence-corrected chi connectivity index (χ1v) is 11.2. The molecule has 1 amide bonds. The molecule has 1 aliphatic heterocycles. The molecule has 4 heterocycles. The Morgan fingerprint density at radius 1 is 1.15 bits per heavy atom. The molecule has 1 aliphatic rings. The second kappa shape index (κ2) is 9.17. The monoisotopic (exact) mass is 462 g/mol. The Labute approximate surface area is 196 Å². The van der Waals surface area contributed by atoms with Crippen molar-refractivity contribution in [2.24, 2.45) is 0 Å². The molecule has 0 atom stereocenters. The van der Waals surface area contributed by atoms with Gasteiger partial charge < -0.3 is 19.5 Å². The molecule has 33 heavy (non-hydrogen) atoms. The van der Waals surface area contributed by atoms with Crippen LogP contribution in [-0.4, -0.2) is 56.6 Å². The number of ether oxygens (including phenoxy) is 1. The number of aromatic nitrogens is 4. The third-order valence-corrected chi connectivity index (χ3v) is 5.95. The van der Waals surface area contributed by atoms with Crippen LogP contribution in [0.1, 0.15) is 17.3 Å². The summed E-state index contributed by atoms with van der Waals surface area (Å²) in [6.07, 6.45) is 5.45. The van der Waals surface area contributed by atoms with Gasteiger partial charge in [-0.15, -0.1) is 0 Å². The highest BCUT2D eigenvalue weighted by Crippen LogP contribution is 2.33. The van der Waals surface area contributed by atoms with E-state index in [1.807, 2.05) is 47.5 Å². The Morgan fingerprint density at radius 3 is 2.79 bits per heavy atom. The summed E-state index contributed by atoms with van der Waals surface area (Å²) in [7, 11) is 0. The molecule has 1 aromatic carbocycles. The van der Waals surface area contributed by atoms with Gasteiger partial charge in [-0.2, -0.15) is 0 Å². The number of anilines is 2. The first-order chi connectivity index (χ1) is 16.1. The van der Waals surface area contributed by atoms with E-state index in [4.69, 9.17) is 21.3 Å². The van der Waals surface area contributed by atoms with E-state index in [0.29, 0.717) is 43.0 Å². The van der Waals surface area contributed by atoms with Gasteiger partial charge in [-0.25, -0.2) is 15.0 Å². The van der Waals surface area contributed by atoms with Crippen LogP contribution in [0.5, 0.6) is 0 Å². The summed E-state index contributed by atoms with van der Waals surface area (Å²) in [5.74, 6) is 0.440. The Morgan fingerprint density at radius 2 is 1.97 bits per heavy atom. The zero-order valence-corrected chi connectivity index (χ0v) is 18.9. The number of hydrogen-bond acceptors (Lipinski definition) is 6. The summed E-state index contributed by atoms with van der Waals surface area (Å²) in [5.41, 5.74) is 3.98. The molecule has 1 saturated heterocycles. The molecule has 168 valence electrons. The van der Waals surface area contributed by atoms with Gasteiger partial charge in [-0.1, -0.05) is 17.7 Å². The molecule has 9 heteroatoms. The number of nitrogens with zero attached hydrogens (tertiary/aromatic N) is 5. The summed E-state index contributed by atoms with van der Waals surface area (Å²) in [5, 5.41) is 4.68. The van der Waals surface area contributed by atoms with Crippen molar-refractivity contribution in [1.82, 2.24) is 24.4 Å². The maximum atomic E-state index is 12.8. The third-order valence-electron chi connectivity index (χ3n) is 5.68. The molecular weight excluding hydrogens is 440 g/mol. The minimum absolute atomic E-state index is 0.00511. The number of pyridine rings is 1. The van der Waals surface area contributed by atoms with Gasteiger partial charge in [0.2, 0.25) is 5.95 Å². The number of carbonyl (C=O) groups excluding carboxylic acids is 1. The second-order valence-corrected chi connectivity index (χ2v) is 8.06. The first-order valence-electron chi connectivity index (χ1n) is 10.8. The van der Waals surface area contributed by atoms with E-state index in [0.717, 1.165) is 34.4 Å². The summed E-state index contributed by atoms with van der Waals surface area (Å²) in [4.78, 5) is 27.9. The molecule has 8 nitrogen and oxygen atoms in total. The van der Waals surface area contributed by atoms with E-state index < -0.39 is 0 Å². The Bertz CT molecular complexity index is 1320. The first kappa shape index (κ1) is 21.4. The SMILES string of the molecule is CCn1cc(-c2ccnc(Nc3cccc(C(=O)N4CCOCC4)c3)n2)c2ccnc(Cl)c21. The van der Waals surface area contributed by atoms with Gasteiger partial charge in [-0.05, 0) is 37.3 Å². The van der Waals surface area contributed by atoms with Gasteiger partial charge >= 0.3 is 0 Å². The van der Waals surface area contributed by atoms with Crippen LogP contribution in [0.4, 0.5) is 11.6 Å². The molecule has 0 bridgehead atoms. The van der Waals surface area contributed by atoms with E-state index in [2.05, 4.69) is 26.8 Å². The molecule has 1 N–H and O–H groups in total. The maximum absolute atomic E-state index is 12.8. The molecule has 4 aromatic rings. The number of fused-ring (bicyclic) bond motifs is 1. The number of amides is 1. The smallest absolute Gasteiger partial charge is 0.254 e. The normalized spacial score (nSPS) is 13.9. The largest absolute Gasteiger partial charge is 0.378 e. The standard InChI is InChI=1S/C24H23ClN6O2/c1-2-30-15-19(18-6-8-26-22(25)21(18)30)20-7-9-27-24(29-20)28-17-5-3-4-16(14-17)23(32)31-10-12-33-13-11-31/h3-9,14-15H,2,10-13H2,1H3,(H,27,28,29). The van der Waals surface area contributed by atoms with Crippen molar-refractivity contribution in [3.8, 4) is 11.3 Å². The van der Waals surface area contributed by atoms with Gasteiger partial charge in [0.25, 0.3) is 5.91 Å². The average molecular weight is 463 g/mol. The number of benzene rings is 1. The van der Waals surface area contributed by atoms with Crippen LogP contribution in [-0.2, 0) is 11.3 Å². The molecule has 1 fully saturated rings. The number of rotatable bonds is 5. The fraction of sp³-hybridized carbons (Fsp3) is 0.250. The topological polar surface area (TPSA) is 85.2 Å². The molecule has 0 spiro atoms. The highest BCUT2D eigenvalue weighted by Gasteiger charge is 2.19. The van der Waals surface area contributed by atoms with Crippen LogP contribution in [0.3, 0.4) is 0 Å². The number of hydrogen-bond donors (Lipinski definition) is 1. The van der Waals surface area contributed by atoms with Crippen LogP contribution >= 0.6 is 11.6 Å².